The van der Waals surface area contributed by atoms with Gasteiger partial charge in [0.05, 0.1) is 17.3 Å². The minimum Gasteiger partial charge on any atom is -0.380 e. The second-order valence-corrected chi connectivity index (χ2v) is 5.87. The van der Waals surface area contributed by atoms with E-state index in [1.165, 1.54) is 5.56 Å². The van der Waals surface area contributed by atoms with Crippen molar-refractivity contribution in [2.75, 3.05) is 0 Å². The smallest absolute Gasteiger partial charge is 0.0991 e. The molecule has 2 N–H and O–H groups in total. The van der Waals surface area contributed by atoms with Gasteiger partial charge < -0.3 is 10.7 Å². The maximum atomic E-state index is 9.07. The molecule has 126 valence electrons. The molecule has 3 aromatic rings. The standard InChI is InChI=1S/C23H19N3/c24-16-19-10-7-13-21(14-19)22(25)15-23(20-11-5-2-6-12-20)26-17-18-8-3-1-4-9-18/h1-15,25-26H,17H2/b23-15-,25-22?. The number of hydrogen-bond donors (Lipinski definition) is 2. The molecule has 3 nitrogen and oxygen atoms in total. The molecule has 0 amide bonds. The predicted molar refractivity (Wildman–Crippen MR) is 106 cm³/mol. The van der Waals surface area contributed by atoms with E-state index in [0.717, 1.165) is 16.8 Å². The predicted octanol–water partition coefficient (Wildman–Crippen LogP) is 4.76. The average Bonchev–Trinajstić information content (AvgIpc) is 2.72. The van der Waals surface area contributed by atoms with Crippen LogP contribution in [0.1, 0.15) is 22.3 Å². The van der Waals surface area contributed by atoms with Gasteiger partial charge in [0.15, 0.2) is 0 Å². The molecular weight excluding hydrogens is 318 g/mol. The molecule has 3 heteroatoms. The van der Waals surface area contributed by atoms with Gasteiger partial charge in [0.1, 0.15) is 0 Å². The van der Waals surface area contributed by atoms with Gasteiger partial charge in [-0.15, -0.1) is 0 Å². The van der Waals surface area contributed by atoms with Crippen LogP contribution in [0.4, 0.5) is 0 Å². The Morgan fingerprint density at radius 3 is 2.23 bits per heavy atom. The zero-order valence-electron chi connectivity index (χ0n) is 14.3. The summed E-state index contributed by atoms with van der Waals surface area (Å²) >= 11 is 0. The maximum absolute atomic E-state index is 9.07. The monoisotopic (exact) mass is 337 g/mol. The number of rotatable bonds is 6. The van der Waals surface area contributed by atoms with Crippen LogP contribution in [0.25, 0.3) is 5.70 Å². The van der Waals surface area contributed by atoms with Gasteiger partial charge >= 0.3 is 0 Å². The zero-order valence-corrected chi connectivity index (χ0v) is 14.3. The van der Waals surface area contributed by atoms with E-state index >= 15 is 0 Å². The summed E-state index contributed by atoms with van der Waals surface area (Å²) < 4.78 is 0. The number of hydrogen-bond acceptors (Lipinski definition) is 3. The van der Waals surface area contributed by atoms with Gasteiger partial charge in [0, 0.05) is 17.8 Å². The van der Waals surface area contributed by atoms with Crippen molar-refractivity contribution in [3.63, 3.8) is 0 Å². The van der Waals surface area contributed by atoms with E-state index in [9.17, 15) is 0 Å². The summed E-state index contributed by atoms with van der Waals surface area (Å²) in [5.74, 6) is 0. The van der Waals surface area contributed by atoms with Crippen molar-refractivity contribution in [2.24, 2.45) is 0 Å². The van der Waals surface area contributed by atoms with Crippen molar-refractivity contribution in [1.29, 1.82) is 10.7 Å². The minimum absolute atomic E-state index is 0.363. The third kappa shape index (κ3) is 4.46. The van der Waals surface area contributed by atoms with Crippen LogP contribution in [0.5, 0.6) is 0 Å². The molecule has 0 radical (unpaired) electrons. The molecule has 3 rings (SSSR count). The Morgan fingerprint density at radius 2 is 1.54 bits per heavy atom. The van der Waals surface area contributed by atoms with Gasteiger partial charge in [-0.2, -0.15) is 5.26 Å². The number of nitrogens with one attached hydrogen (secondary N) is 2. The third-order valence-electron chi connectivity index (χ3n) is 4.00. The lowest BCUT2D eigenvalue weighted by Crippen LogP contribution is -2.13. The Morgan fingerprint density at radius 1 is 0.885 bits per heavy atom. The number of nitriles is 1. The van der Waals surface area contributed by atoms with Crippen molar-refractivity contribution < 1.29 is 0 Å². The molecule has 0 aliphatic carbocycles. The molecule has 0 spiro atoms. The highest BCUT2D eigenvalue weighted by Gasteiger charge is 2.06. The Bertz CT molecular complexity index is 952. The fourth-order valence-corrected chi connectivity index (χ4v) is 2.63. The highest BCUT2D eigenvalue weighted by atomic mass is 14.9. The Hall–Kier alpha value is -3.64. The normalized spacial score (nSPS) is 10.8. The van der Waals surface area contributed by atoms with Crippen LogP contribution in [0.2, 0.25) is 0 Å². The molecule has 0 saturated carbocycles. The topological polar surface area (TPSA) is 59.7 Å². The second-order valence-electron chi connectivity index (χ2n) is 5.87. The summed E-state index contributed by atoms with van der Waals surface area (Å²) in [6.07, 6.45) is 1.81. The lowest BCUT2D eigenvalue weighted by molar-refractivity contribution is 0.890. The van der Waals surface area contributed by atoms with Crippen molar-refractivity contribution in [3.05, 3.63) is 113 Å². The Kier molecular flexibility index (Phi) is 5.59. The van der Waals surface area contributed by atoms with E-state index in [-0.39, 0.29) is 0 Å². The van der Waals surface area contributed by atoms with Crippen LogP contribution in [-0.2, 0) is 6.54 Å². The molecule has 0 aromatic heterocycles. The lowest BCUT2D eigenvalue weighted by Gasteiger charge is -2.12. The quantitative estimate of drug-likeness (QED) is 0.637. The number of nitrogens with zero attached hydrogens (tertiary/aromatic N) is 1. The van der Waals surface area contributed by atoms with E-state index in [1.807, 2.05) is 60.7 Å². The zero-order chi connectivity index (χ0) is 18.2. The van der Waals surface area contributed by atoms with Crippen LogP contribution in [0, 0.1) is 16.7 Å². The minimum atomic E-state index is 0.363. The molecule has 0 aliphatic heterocycles. The Labute approximate surface area is 153 Å². The van der Waals surface area contributed by atoms with Gasteiger partial charge in [0.25, 0.3) is 0 Å². The SMILES string of the molecule is N#Cc1cccc(C(=N)/C=C(\NCc2ccccc2)c2ccccc2)c1. The molecular formula is C23H19N3. The maximum Gasteiger partial charge on any atom is 0.0991 e. The first kappa shape index (κ1) is 17.2. The summed E-state index contributed by atoms with van der Waals surface area (Å²) in [6.45, 7) is 0.674. The fourth-order valence-electron chi connectivity index (χ4n) is 2.63. The van der Waals surface area contributed by atoms with Crippen molar-refractivity contribution in [1.82, 2.24) is 5.32 Å². The molecule has 0 bridgehead atoms. The molecule has 0 atom stereocenters. The molecule has 0 saturated heterocycles. The molecule has 0 fully saturated rings. The lowest BCUT2D eigenvalue weighted by atomic mass is 10.0. The Balaban J connectivity index is 1.88. The molecule has 26 heavy (non-hydrogen) atoms. The van der Waals surface area contributed by atoms with E-state index in [0.29, 0.717) is 17.8 Å². The summed E-state index contributed by atoms with van der Waals surface area (Å²) in [5, 5.41) is 20.9. The van der Waals surface area contributed by atoms with Gasteiger partial charge in [-0.05, 0) is 29.3 Å². The summed E-state index contributed by atoms with van der Waals surface area (Å²) in [4.78, 5) is 0. The molecule has 0 aliphatic rings. The van der Waals surface area contributed by atoms with Crippen LogP contribution in [0.3, 0.4) is 0 Å². The summed E-state index contributed by atoms with van der Waals surface area (Å²) in [7, 11) is 0. The summed E-state index contributed by atoms with van der Waals surface area (Å²) in [6, 6.07) is 29.4. The van der Waals surface area contributed by atoms with Gasteiger partial charge in [-0.1, -0.05) is 72.8 Å². The van der Waals surface area contributed by atoms with E-state index in [4.69, 9.17) is 10.7 Å². The molecule has 0 unspecified atom stereocenters. The number of benzene rings is 3. The van der Waals surface area contributed by atoms with E-state index in [2.05, 4.69) is 23.5 Å². The van der Waals surface area contributed by atoms with E-state index < -0.39 is 0 Å². The highest BCUT2D eigenvalue weighted by Crippen LogP contribution is 2.15. The third-order valence-corrected chi connectivity index (χ3v) is 4.00. The first-order chi connectivity index (χ1) is 12.8. The largest absolute Gasteiger partial charge is 0.380 e. The average molecular weight is 337 g/mol. The second kappa shape index (κ2) is 8.46. The highest BCUT2D eigenvalue weighted by molar-refractivity contribution is 6.10. The van der Waals surface area contributed by atoms with Crippen LogP contribution in [-0.4, -0.2) is 5.71 Å². The molecule has 3 aromatic carbocycles. The van der Waals surface area contributed by atoms with Crippen molar-refractivity contribution >= 4 is 11.4 Å². The van der Waals surface area contributed by atoms with Gasteiger partial charge in [0.2, 0.25) is 0 Å². The van der Waals surface area contributed by atoms with Gasteiger partial charge in [-0.25, -0.2) is 0 Å². The first-order valence-electron chi connectivity index (χ1n) is 8.40. The summed E-state index contributed by atoms with van der Waals surface area (Å²) in [5.41, 5.74) is 4.71. The fraction of sp³-hybridized carbons (Fsp3) is 0.0435. The van der Waals surface area contributed by atoms with E-state index in [1.54, 1.807) is 18.2 Å². The first-order valence-corrected chi connectivity index (χ1v) is 8.40. The van der Waals surface area contributed by atoms with Crippen LogP contribution >= 0.6 is 0 Å². The number of allylic oxidation sites excluding steroid dienone is 1. The van der Waals surface area contributed by atoms with Crippen LogP contribution < -0.4 is 5.32 Å². The van der Waals surface area contributed by atoms with Gasteiger partial charge in [-0.3, -0.25) is 0 Å². The van der Waals surface area contributed by atoms with Crippen LogP contribution in [0.15, 0.2) is 91.0 Å². The molecule has 0 heterocycles. The van der Waals surface area contributed by atoms with Crippen molar-refractivity contribution in [3.8, 4) is 6.07 Å². The van der Waals surface area contributed by atoms with Crippen molar-refractivity contribution in [2.45, 2.75) is 6.54 Å².